The third-order valence-corrected chi connectivity index (χ3v) is 4.37. The summed E-state index contributed by atoms with van der Waals surface area (Å²) in [7, 11) is 1.87. The van der Waals surface area contributed by atoms with Crippen molar-refractivity contribution in [3.8, 4) is 0 Å². The van der Waals surface area contributed by atoms with E-state index in [9.17, 15) is 4.79 Å². The molecule has 2 rings (SSSR count). The second-order valence-corrected chi connectivity index (χ2v) is 6.49. The van der Waals surface area contributed by atoms with Gasteiger partial charge in [-0.15, -0.1) is 37.2 Å². The molecule has 1 aromatic rings. The fourth-order valence-corrected chi connectivity index (χ4v) is 3.04. The molecule has 8 heteroatoms. The topological polar surface area (TPSA) is 47.6 Å². The lowest BCUT2D eigenvalue weighted by Gasteiger charge is -2.37. The molecule has 1 saturated heterocycles. The monoisotopic (exact) mass is 426 g/mol. The highest BCUT2D eigenvalue weighted by atomic mass is 35.5. The summed E-state index contributed by atoms with van der Waals surface area (Å²) in [5, 5.41) is 6.17. The molecule has 2 unspecified atom stereocenters. The molecular formula is C18H33Cl3N4O. The van der Waals surface area contributed by atoms with Crippen LogP contribution < -0.4 is 15.5 Å². The van der Waals surface area contributed by atoms with Gasteiger partial charge in [0.2, 0.25) is 5.91 Å². The van der Waals surface area contributed by atoms with E-state index in [0.29, 0.717) is 6.54 Å². The van der Waals surface area contributed by atoms with Crippen LogP contribution in [0.2, 0.25) is 0 Å². The van der Waals surface area contributed by atoms with Gasteiger partial charge in [-0.1, -0.05) is 25.1 Å². The first kappa shape index (κ1) is 27.5. The molecule has 0 aliphatic carbocycles. The number of halogens is 3. The highest BCUT2D eigenvalue weighted by molar-refractivity contribution is 5.86. The number of anilines is 1. The van der Waals surface area contributed by atoms with Gasteiger partial charge in [0.1, 0.15) is 0 Å². The summed E-state index contributed by atoms with van der Waals surface area (Å²) in [5.41, 5.74) is 1.30. The number of piperazine rings is 1. The molecule has 1 amide bonds. The Kier molecular flexibility index (Phi) is 15.2. The van der Waals surface area contributed by atoms with Crippen LogP contribution in [0.5, 0.6) is 0 Å². The van der Waals surface area contributed by atoms with Crippen molar-refractivity contribution in [2.45, 2.75) is 19.9 Å². The zero-order chi connectivity index (χ0) is 16.7. The molecule has 1 fully saturated rings. The maximum atomic E-state index is 12.0. The highest BCUT2D eigenvalue weighted by Crippen LogP contribution is 2.15. The molecule has 2 atom stereocenters. The number of rotatable bonds is 7. The molecule has 0 bridgehead atoms. The highest BCUT2D eigenvalue weighted by Gasteiger charge is 2.20. The number of nitrogens with zero attached hydrogens (tertiary/aromatic N) is 2. The summed E-state index contributed by atoms with van der Waals surface area (Å²) in [4.78, 5) is 16.9. The molecule has 1 aliphatic heterocycles. The molecule has 5 nitrogen and oxygen atoms in total. The van der Waals surface area contributed by atoms with E-state index in [-0.39, 0.29) is 55.1 Å². The van der Waals surface area contributed by atoms with Gasteiger partial charge in [0.25, 0.3) is 0 Å². The molecule has 152 valence electrons. The Hall–Kier alpha value is -0.720. The zero-order valence-corrected chi connectivity index (χ0v) is 18.3. The van der Waals surface area contributed by atoms with Gasteiger partial charge in [-0.25, -0.2) is 0 Å². The van der Waals surface area contributed by atoms with Crippen LogP contribution in [0.25, 0.3) is 0 Å². The van der Waals surface area contributed by atoms with Crippen molar-refractivity contribution in [1.82, 2.24) is 15.5 Å². The van der Waals surface area contributed by atoms with Crippen LogP contribution in [-0.2, 0) is 4.79 Å². The number of hydrogen-bond acceptors (Lipinski definition) is 4. The van der Waals surface area contributed by atoms with Gasteiger partial charge in [-0.05, 0) is 26.1 Å². The van der Waals surface area contributed by atoms with Crippen molar-refractivity contribution in [2.75, 3.05) is 51.2 Å². The maximum Gasteiger partial charge on any atom is 0.224 e. The predicted molar refractivity (Wildman–Crippen MR) is 118 cm³/mol. The van der Waals surface area contributed by atoms with Gasteiger partial charge >= 0.3 is 0 Å². The number of para-hydroxylation sites is 1. The second kappa shape index (κ2) is 14.4. The Labute approximate surface area is 176 Å². The van der Waals surface area contributed by atoms with Crippen LogP contribution in [0.15, 0.2) is 30.3 Å². The lowest BCUT2D eigenvalue weighted by molar-refractivity contribution is -0.125. The molecule has 26 heavy (non-hydrogen) atoms. The van der Waals surface area contributed by atoms with Crippen molar-refractivity contribution in [2.24, 2.45) is 5.92 Å². The van der Waals surface area contributed by atoms with E-state index in [0.717, 1.165) is 32.7 Å². The predicted octanol–water partition coefficient (Wildman–Crippen LogP) is 2.43. The molecule has 0 saturated carbocycles. The van der Waals surface area contributed by atoms with Gasteiger partial charge in [0.15, 0.2) is 0 Å². The number of nitrogens with one attached hydrogen (secondary N) is 2. The van der Waals surface area contributed by atoms with E-state index in [1.807, 2.05) is 14.0 Å². The Bertz CT molecular complexity index is 485. The van der Waals surface area contributed by atoms with Crippen LogP contribution in [0.3, 0.4) is 0 Å². The maximum absolute atomic E-state index is 12.0. The normalized spacial score (nSPS) is 16.3. The summed E-state index contributed by atoms with van der Waals surface area (Å²) in [6, 6.07) is 10.8. The summed E-state index contributed by atoms with van der Waals surface area (Å²) in [5.74, 6) is 0.146. The fraction of sp³-hybridized carbons (Fsp3) is 0.611. The molecule has 1 aromatic carbocycles. The molecule has 2 N–H and O–H groups in total. The van der Waals surface area contributed by atoms with E-state index in [1.54, 1.807) is 0 Å². The minimum Gasteiger partial charge on any atom is -0.369 e. The first-order valence-electron chi connectivity index (χ1n) is 8.57. The number of carbonyl (C=O) groups excluding carboxylic acids is 1. The van der Waals surface area contributed by atoms with Crippen LogP contribution in [0, 0.1) is 5.92 Å². The molecule has 1 aliphatic rings. The zero-order valence-electron chi connectivity index (χ0n) is 15.8. The number of carbonyl (C=O) groups is 1. The average molecular weight is 428 g/mol. The van der Waals surface area contributed by atoms with E-state index in [1.165, 1.54) is 5.69 Å². The molecule has 0 aromatic heterocycles. The van der Waals surface area contributed by atoms with Crippen LogP contribution in [0.1, 0.15) is 13.8 Å². The summed E-state index contributed by atoms with van der Waals surface area (Å²) < 4.78 is 0. The molecule has 0 radical (unpaired) electrons. The lowest BCUT2D eigenvalue weighted by atomic mass is 10.1. The Morgan fingerprint density at radius 2 is 1.62 bits per heavy atom. The van der Waals surface area contributed by atoms with Crippen molar-refractivity contribution in [3.63, 3.8) is 0 Å². The van der Waals surface area contributed by atoms with Gasteiger partial charge in [-0.3, -0.25) is 9.69 Å². The average Bonchev–Trinajstić information content (AvgIpc) is 2.56. The van der Waals surface area contributed by atoms with Gasteiger partial charge in [0, 0.05) is 56.9 Å². The third-order valence-electron chi connectivity index (χ3n) is 4.37. The van der Waals surface area contributed by atoms with E-state index in [2.05, 4.69) is 57.7 Å². The van der Waals surface area contributed by atoms with Crippen molar-refractivity contribution < 1.29 is 4.79 Å². The number of hydrogen-bond donors (Lipinski definition) is 2. The second-order valence-electron chi connectivity index (χ2n) is 6.49. The van der Waals surface area contributed by atoms with Crippen LogP contribution in [-0.4, -0.2) is 63.2 Å². The van der Waals surface area contributed by atoms with Crippen molar-refractivity contribution >= 4 is 48.8 Å². The van der Waals surface area contributed by atoms with Crippen LogP contribution >= 0.6 is 37.2 Å². The summed E-state index contributed by atoms with van der Waals surface area (Å²) in [6.07, 6.45) is 0. The minimum atomic E-state index is 0. The smallest absolute Gasteiger partial charge is 0.224 e. The Morgan fingerprint density at radius 1 is 1.04 bits per heavy atom. The summed E-state index contributed by atoms with van der Waals surface area (Å²) >= 11 is 0. The fourth-order valence-electron chi connectivity index (χ4n) is 3.04. The molecular weight excluding hydrogens is 395 g/mol. The van der Waals surface area contributed by atoms with Crippen LogP contribution in [0.4, 0.5) is 5.69 Å². The number of amides is 1. The third kappa shape index (κ3) is 8.78. The first-order valence-corrected chi connectivity index (χ1v) is 8.57. The van der Waals surface area contributed by atoms with E-state index < -0.39 is 0 Å². The van der Waals surface area contributed by atoms with Gasteiger partial charge in [-0.2, -0.15) is 0 Å². The first-order chi connectivity index (χ1) is 11.1. The lowest BCUT2D eigenvalue weighted by Crippen LogP contribution is -2.51. The molecule has 0 spiro atoms. The summed E-state index contributed by atoms with van der Waals surface area (Å²) in [6.45, 7) is 9.85. The van der Waals surface area contributed by atoms with Crippen molar-refractivity contribution in [3.05, 3.63) is 30.3 Å². The Balaban J connectivity index is 0. The SMILES string of the molecule is CNCC(C)C(=O)NC(C)CN1CCN(c2ccccc2)CC1.Cl.Cl.Cl. The van der Waals surface area contributed by atoms with Crippen molar-refractivity contribution in [1.29, 1.82) is 0 Å². The minimum absolute atomic E-state index is 0. The number of benzene rings is 1. The van der Waals surface area contributed by atoms with E-state index >= 15 is 0 Å². The van der Waals surface area contributed by atoms with Gasteiger partial charge in [0.05, 0.1) is 0 Å². The molecule has 1 heterocycles. The van der Waals surface area contributed by atoms with Gasteiger partial charge < -0.3 is 15.5 Å². The quantitative estimate of drug-likeness (QED) is 0.701. The Morgan fingerprint density at radius 3 is 2.15 bits per heavy atom. The largest absolute Gasteiger partial charge is 0.369 e. The standard InChI is InChI=1S/C18H30N4O.3ClH/c1-15(13-19-3)18(23)20-16(2)14-21-9-11-22(12-10-21)17-7-5-4-6-8-17;;;/h4-8,15-16,19H,9-14H2,1-3H3,(H,20,23);3*1H. The van der Waals surface area contributed by atoms with E-state index in [4.69, 9.17) is 0 Å².